The van der Waals surface area contributed by atoms with Gasteiger partial charge in [0, 0.05) is 24.7 Å². The number of piperidine rings is 1. The van der Waals surface area contributed by atoms with Crippen molar-refractivity contribution in [2.45, 2.75) is 32.0 Å². The average Bonchev–Trinajstić information content (AvgIpc) is 2.98. The Hall–Kier alpha value is -2.35. The summed E-state index contributed by atoms with van der Waals surface area (Å²) >= 11 is 0. The van der Waals surface area contributed by atoms with Crippen LogP contribution in [0.2, 0.25) is 0 Å². The predicted molar refractivity (Wildman–Crippen MR) is 97.8 cm³/mol. The zero-order valence-electron chi connectivity index (χ0n) is 16.2. The van der Waals surface area contributed by atoms with Crippen LogP contribution in [0.4, 0.5) is 13.2 Å². The van der Waals surface area contributed by atoms with Gasteiger partial charge in [-0.2, -0.15) is 18.3 Å². The second-order valence-corrected chi connectivity index (χ2v) is 7.31. The molecule has 2 atom stereocenters. The van der Waals surface area contributed by atoms with Gasteiger partial charge in [0.25, 0.3) is 0 Å². The molecular formula is C20H24F3N3O2. The van der Waals surface area contributed by atoms with Gasteiger partial charge >= 0.3 is 12.1 Å². The molecule has 0 saturated carbocycles. The minimum Gasteiger partial charge on any atom is -0.462 e. The van der Waals surface area contributed by atoms with E-state index in [0.29, 0.717) is 5.56 Å². The highest BCUT2D eigenvalue weighted by molar-refractivity contribution is 5.90. The van der Waals surface area contributed by atoms with E-state index in [1.807, 2.05) is 7.05 Å². The molecule has 1 aromatic carbocycles. The Morgan fingerprint density at radius 3 is 2.50 bits per heavy atom. The number of carbonyl (C=O) groups is 1. The largest absolute Gasteiger partial charge is 0.462 e. The Kier molecular flexibility index (Phi) is 5.79. The highest BCUT2D eigenvalue weighted by atomic mass is 19.4. The number of rotatable bonds is 4. The maximum atomic E-state index is 12.8. The van der Waals surface area contributed by atoms with Crippen molar-refractivity contribution >= 4 is 5.97 Å². The first-order valence-electron chi connectivity index (χ1n) is 9.21. The molecule has 3 rings (SSSR count). The van der Waals surface area contributed by atoms with E-state index in [9.17, 15) is 18.0 Å². The molecular weight excluding hydrogens is 371 g/mol. The molecule has 1 saturated heterocycles. The van der Waals surface area contributed by atoms with E-state index in [-0.39, 0.29) is 18.6 Å². The normalized spacial score (nSPS) is 20.9. The highest BCUT2D eigenvalue weighted by Gasteiger charge is 2.34. The van der Waals surface area contributed by atoms with Gasteiger partial charge in [0.2, 0.25) is 0 Å². The lowest BCUT2D eigenvalue weighted by Crippen LogP contribution is -2.38. The van der Waals surface area contributed by atoms with Crippen LogP contribution < -0.4 is 0 Å². The second-order valence-electron chi connectivity index (χ2n) is 7.31. The molecule has 152 valence electrons. The SMILES string of the molecule is Cc1c(C(=O)OC[C@H]2CCCN(C)[C@@H]2c2ccc(C(F)(F)F)cc2)cnn1C. The maximum Gasteiger partial charge on any atom is 0.416 e. The van der Waals surface area contributed by atoms with Crippen molar-refractivity contribution in [1.29, 1.82) is 0 Å². The van der Waals surface area contributed by atoms with Gasteiger partial charge in [0.1, 0.15) is 5.56 Å². The lowest BCUT2D eigenvalue weighted by Gasteiger charge is -2.39. The van der Waals surface area contributed by atoms with E-state index >= 15 is 0 Å². The monoisotopic (exact) mass is 395 g/mol. The number of esters is 1. The molecule has 0 N–H and O–H groups in total. The number of benzene rings is 1. The Morgan fingerprint density at radius 2 is 1.93 bits per heavy atom. The predicted octanol–water partition coefficient (Wildman–Crippen LogP) is 3.99. The first kappa shape index (κ1) is 20.4. The van der Waals surface area contributed by atoms with Crippen LogP contribution in [0.3, 0.4) is 0 Å². The minimum absolute atomic E-state index is 0.0106. The summed E-state index contributed by atoms with van der Waals surface area (Å²) in [5, 5.41) is 4.05. The molecule has 0 radical (unpaired) electrons. The van der Waals surface area contributed by atoms with E-state index in [2.05, 4.69) is 10.00 Å². The highest BCUT2D eigenvalue weighted by Crippen LogP contribution is 2.37. The van der Waals surface area contributed by atoms with Crippen molar-refractivity contribution in [3.8, 4) is 0 Å². The number of hydrogen-bond acceptors (Lipinski definition) is 4. The van der Waals surface area contributed by atoms with Crippen LogP contribution >= 0.6 is 0 Å². The van der Waals surface area contributed by atoms with Crippen molar-refractivity contribution in [1.82, 2.24) is 14.7 Å². The van der Waals surface area contributed by atoms with Gasteiger partial charge in [-0.25, -0.2) is 4.79 Å². The number of halogens is 3. The molecule has 0 amide bonds. The minimum atomic E-state index is -4.35. The van der Waals surface area contributed by atoms with E-state index in [1.165, 1.54) is 18.3 Å². The van der Waals surface area contributed by atoms with Gasteiger partial charge in [0.05, 0.1) is 18.4 Å². The quantitative estimate of drug-likeness (QED) is 0.735. The fourth-order valence-corrected chi connectivity index (χ4v) is 3.79. The van der Waals surface area contributed by atoms with E-state index in [4.69, 9.17) is 4.74 Å². The fraction of sp³-hybridized carbons (Fsp3) is 0.500. The topological polar surface area (TPSA) is 47.4 Å². The van der Waals surface area contributed by atoms with Gasteiger partial charge in [-0.15, -0.1) is 0 Å². The molecule has 1 aromatic heterocycles. The number of alkyl halides is 3. The van der Waals surface area contributed by atoms with E-state index in [0.717, 1.165) is 42.8 Å². The summed E-state index contributed by atoms with van der Waals surface area (Å²) in [7, 11) is 3.70. The molecule has 1 fully saturated rings. The van der Waals surface area contributed by atoms with Crippen LogP contribution in [-0.4, -0.2) is 40.8 Å². The Bertz CT molecular complexity index is 830. The smallest absolute Gasteiger partial charge is 0.416 e. The van der Waals surface area contributed by atoms with E-state index in [1.54, 1.807) is 18.7 Å². The number of ether oxygens (including phenoxy) is 1. The van der Waals surface area contributed by atoms with E-state index < -0.39 is 17.7 Å². The number of nitrogens with zero attached hydrogens (tertiary/aromatic N) is 3. The third-order valence-corrected chi connectivity index (χ3v) is 5.47. The molecule has 0 aliphatic carbocycles. The number of likely N-dealkylation sites (tertiary alicyclic amines) is 1. The second kappa shape index (κ2) is 7.95. The molecule has 2 aromatic rings. The van der Waals surface area contributed by atoms with Crippen molar-refractivity contribution in [2.75, 3.05) is 20.2 Å². The standard InChI is InChI=1S/C20H24F3N3O2/c1-13-17(11-24-26(13)3)19(27)28-12-15-5-4-10-25(2)18(15)14-6-8-16(9-7-14)20(21,22)23/h6-9,11,15,18H,4-5,10,12H2,1-3H3/t15-,18-/m1/s1. The summed E-state index contributed by atoms with van der Waals surface area (Å²) in [5.41, 5.74) is 1.29. The van der Waals surface area contributed by atoms with Crippen molar-refractivity contribution < 1.29 is 22.7 Å². The molecule has 0 spiro atoms. The zero-order valence-corrected chi connectivity index (χ0v) is 16.2. The lowest BCUT2D eigenvalue weighted by molar-refractivity contribution is -0.137. The molecule has 2 heterocycles. The molecule has 1 aliphatic heterocycles. The van der Waals surface area contributed by atoms with Crippen LogP contribution in [0.25, 0.3) is 0 Å². The van der Waals surface area contributed by atoms with Crippen LogP contribution in [0.15, 0.2) is 30.5 Å². The first-order chi connectivity index (χ1) is 13.2. The van der Waals surface area contributed by atoms with Gasteiger partial charge in [-0.1, -0.05) is 12.1 Å². The first-order valence-corrected chi connectivity index (χ1v) is 9.21. The Morgan fingerprint density at radius 1 is 1.25 bits per heavy atom. The maximum absolute atomic E-state index is 12.8. The van der Waals surface area contributed by atoms with Crippen LogP contribution in [-0.2, 0) is 18.0 Å². The summed E-state index contributed by atoms with van der Waals surface area (Å²) in [5.74, 6) is -0.415. The third kappa shape index (κ3) is 4.22. The Labute approximate surface area is 162 Å². The fourth-order valence-electron chi connectivity index (χ4n) is 3.79. The molecule has 1 aliphatic rings. The molecule has 0 bridgehead atoms. The van der Waals surface area contributed by atoms with Gasteiger partial charge in [-0.3, -0.25) is 9.58 Å². The Balaban J connectivity index is 1.73. The molecule has 8 heteroatoms. The van der Waals surface area contributed by atoms with Crippen LogP contribution in [0.1, 0.15) is 46.1 Å². The summed E-state index contributed by atoms with van der Waals surface area (Å²) in [4.78, 5) is 14.5. The van der Waals surface area contributed by atoms with Crippen molar-refractivity contribution in [2.24, 2.45) is 13.0 Å². The number of carbonyl (C=O) groups excluding carboxylic acids is 1. The van der Waals surface area contributed by atoms with Gasteiger partial charge in [-0.05, 0) is 51.1 Å². The molecule has 0 unspecified atom stereocenters. The summed E-state index contributed by atoms with van der Waals surface area (Å²) in [6.07, 6.45) is -1.08. The van der Waals surface area contributed by atoms with Crippen molar-refractivity contribution in [3.63, 3.8) is 0 Å². The zero-order chi connectivity index (χ0) is 20.5. The van der Waals surface area contributed by atoms with Crippen LogP contribution in [0, 0.1) is 12.8 Å². The molecule has 28 heavy (non-hydrogen) atoms. The third-order valence-electron chi connectivity index (χ3n) is 5.47. The lowest BCUT2D eigenvalue weighted by atomic mass is 9.85. The number of hydrogen-bond donors (Lipinski definition) is 0. The van der Waals surface area contributed by atoms with Gasteiger partial charge < -0.3 is 4.74 Å². The molecule has 5 nitrogen and oxygen atoms in total. The summed E-state index contributed by atoms with van der Waals surface area (Å²) in [6, 6.07) is 5.17. The number of aryl methyl sites for hydroxylation is 1. The summed E-state index contributed by atoms with van der Waals surface area (Å²) in [6.45, 7) is 2.85. The summed E-state index contributed by atoms with van der Waals surface area (Å²) < 4.78 is 45.7. The van der Waals surface area contributed by atoms with Crippen molar-refractivity contribution in [3.05, 3.63) is 52.8 Å². The van der Waals surface area contributed by atoms with Crippen LogP contribution in [0.5, 0.6) is 0 Å². The average molecular weight is 395 g/mol. The van der Waals surface area contributed by atoms with Gasteiger partial charge in [0.15, 0.2) is 0 Å². The number of aromatic nitrogens is 2.